The zero-order valence-electron chi connectivity index (χ0n) is 12.9. The van der Waals surface area contributed by atoms with E-state index in [2.05, 4.69) is 6.58 Å². The molecule has 1 unspecified atom stereocenters. The Labute approximate surface area is 126 Å². The van der Waals surface area contributed by atoms with Gasteiger partial charge in [-0.3, -0.25) is 9.59 Å². The van der Waals surface area contributed by atoms with Crippen molar-refractivity contribution in [3.63, 3.8) is 0 Å². The minimum atomic E-state index is -1.23. The molecule has 0 bridgehead atoms. The van der Waals surface area contributed by atoms with E-state index in [1.165, 1.54) is 0 Å². The molecule has 0 aliphatic heterocycles. The van der Waals surface area contributed by atoms with Crippen molar-refractivity contribution in [1.29, 1.82) is 0 Å². The summed E-state index contributed by atoms with van der Waals surface area (Å²) in [5.74, 6) is -1.18. The summed E-state index contributed by atoms with van der Waals surface area (Å²) < 4.78 is 0. The van der Waals surface area contributed by atoms with Crippen LogP contribution in [0.3, 0.4) is 0 Å². The maximum absolute atomic E-state index is 12.5. The second kappa shape index (κ2) is 7.07. The van der Waals surface area contributed by atoms with Crippen LogP contribution in [0, 0.1) is 0 Å². The number of carboxylic acid groups (broad SMARTS) is 1. The molecular formula is C17H23NO3. The van der Waals surface area contributed by atoms with E-state index < -0.39 is 11.4 Å². The highest BCUT2D eigenvalue weighted by Crippen LogP contribution is 2.29. The van der Waals surface area contributed by atoms with Gasteiger partial charge in [-0.2, -0.15) is 0 Å². The molecule has 0 radical (unpaired) electrons. The summed E-state index contributed by atoms with van der Waals surface area (Å²) in [6.07, 6.45) is 1.58. The number of carbonyl (C=O) groups is 2. The number of benzene rings is 1. The van der Waals surface area contributed by atoms with Gasteiger partial charge in [-0.15, -0.1) is 6.58 Å². The van der Waals surface area contributed by atoms with Gasteiger partial charge < -0.3 is 10.0 Å². The third kappa shape index (κ3) is 3.94. The van der Waals surface area contributed by atoms with Crippen molar-refractivity contribution in [2.75, 3.05) is 6.54 Å². The molecule has 1 aromatic carbocycles. The molecule has 21 heavy (non-hydrogen) atoms. The van der Waals surface area contributed by atoms with Crippen molar-refractivity contribution in [3.05, 3.63) is 48.6 Å². The molecule has 4 nitrogen and oxygen atoms in total. The Kier molecular flexibility index (Phi) is 5.70. The maximum atomic E-state index is 12.5. The van der Waals surface area contributed by atoms with Gasteiger partial charge >= 0.3 is 5.97 Å². The first-order chi connectivity index (χ1) is 9.82. The minimum Gasteiger partial charge on any atom is -0.481 e. The highest BCUT2D eigenvalue weighted by molar-refractivity contribution is 5.89. The lowest BCUT2D eigenvalue weighted by Crippen LogP contribution is -2.43. The standard InChI is InChI=1S/C17H23NO3/c1-5-11-18(13(2)3)15(19)12-17(4,16(20)21)14-9-7-6-8-10-14/h5-10,13H,1,11-12H2,2-4H3,(H,20,21). The van der Waals surface area contributed by atoms with E-state index in [0.29, 0.717) is 12.1 Å². The fourth-order valence-corrected chi connectivity index (χ4v) is 2.25. The number of rotatable bonds is 7. The number of nitrogens with zero attached hydrogens (tertiary/aromatic N) is 1. The van der Waals surface area contributed by atoms with E-state index in [-0.39, 0.29) is 18.4 Å². The monoisotopic (exact) mass is 289 g/mol. The highest BCUT2D eigenvalue weighted by atomic mass is 16.4. The first-order valence-electron chi connectivity index (χ1n) is 7.02. The average Bonchev–Trinajstić information content (AvgIpc) is 2.44. The van der Waals surface area contributed by atoms with Crippen LogP contribution < -0.4 is 0 Å². The topological polar surface area (TPSA) is 57.6 Å². The minimum absolute atomic E-state index is 0.00400. The Bertz CT molecular complexity index is 510. The van der Waals surface area contributed by atoms with Crippen LogP contribution in [0.25, 0.3) is 0 Å². The lowest BCUT2D eigenvalue weighted by Gasteiger charge is -2.31. The third-order valence-corrected chi connectivity index (χ3v) is 3.66. The fraction of sp³-hybridized carbons (Fsp3) is 0.412. The van der Waals surface area contributed by atoms with Crippen molar-refractivity contribution in [2.45, 2.75) is 38.6 Å². The lowest BCUT2D eigenvalue weighted by atomic mass is 9.79. The summed E-state index contributed by atoms with van der Waals surface area (Å²) in [5, 5.41) is 9.59. The molecule has 0 spiro atoms. The summed E-state index contributed by atoms with van der Waals surface area (Å²) >= 11 is 0. The van der Waals surface area contributed by atoms with E-state index >= 15 is 0 Å². The number of hydrogen-bond donors (Lipinski definition) is 1. The molecule has 0 aliphatic carbocycles. The first-order valence-corrected chi connectivity index (χ1v) is 7.02. The van der Waals surface area contributed by atoms with E-state index in [1.54, 1.807) is 42.2 Å². The second-order valence-corrected chi connectivity index (χ2v) is 5.61. The number of carboxylic acids is 1. The smallest absolute Gasteiger partial charge is 0.314 e. The van der Waals surface area contributed by atoms with Gasteiger partial charge in [-0.25, -0.2) is 0 Å². The quantitative estimate of drug-likeness (QED) is 0.785. The van der Waals surface area contributed by atoms with Crippen molar-refractivity contribution in [3.8, 4) is 0 Å². The lowest BCUT2D eigenvalue weighted by molar-refractivity contribution is -0.147. The molecule has 0 aromatic heterocycles. The van der Waals surface area contributed by atoms with E-state index in [0.717, 1.165) is 0 Å². The molecule has 1 N–H and O–H groups in total. The van der Waals surface area contributed by atoms with Gasteiger partial charge in [0.2, 0.25) is 5.91 Å². The van der Waals surface area contributed by atoms with Crippen LogP contribution in [0.4, 0.5) is 0 Å². The Morgan fingerprint density at radius 2 is 1.90 bits per heavy atom. The van der Waals surface area contributed by atoms with Crippen LogP contribution in [0.2, 0.25) is 0 Å². The second-order valence-electron chi connectivity index (χ2n) is 5.61. The van der Waals surface area contributed by atoms with E-state index in [9.17, 15) is 14.7 Å². The molecule has 0 saturated heterocycles. The highest BCUT2D eigenvalue weighted by Gasteiger charge is 2.38. The summed E-state index contributed by atoms with van der Waals surface area (Å²) in [5.41, 5.74) is -0.597. The predicted octanol–water partition coefficient (Wildman–Crippen LogP) is 2.84. The number of carbonyl (C=O) groups excluding carboxylic acids is 1. The zero-order chi connectivity index (χ0) is 16.0. The normalized spacial score (nSPS) is 13.5. The van der Waals surface area contributed by atoms with Gasteiger partial charge in [0.05, 0.1) is 5.41 Å². The van der Waals surface area contributed by atoms with Crippen LogP contribution in [0.15, 0.2) is 43.0 Å². The largest absolute Gasteiger partial charge is 0.481 e. The number of hydrogen-bond acceptors (Lipinski definition) is 2. The molecule has 1 atom stereocenters. The van der Waals surface area contributed by atoms with Gasteiger partial charge in [-0.1, -0.05) is 36.4 Å². The molecule has 114 valence electrons. The number of amides is 1. The first kappa shape index (κ1) is 17.0. The van der Waals surface area contributed by atoms with Crippen molar-refractivity contribution in [2.24, 2.45) is 0 Å². The van der Waals surface area contributed by atoms with E-state index in [4.69, 9.17) is 0 Å². The van der Waals surface area contributed by atoms with Gasteiger partial charge in [0.15, 0.2) is 0 Å². The summed E-state index contributed by atoms with van der Waals surface area (Å²) in [7, 11) is 0. The van der Waals surface area contributed by atoms with Crippen molar-refractivity contribution < 1.29 is 14.7 Å². The third-order valence-electron chi connectivity index (χ3n) is 3.66. The molecular weight excluding hydrogens is 266 g/mol. The molecule has 1 rings (SSSR count). The average molecular weight is 289 g/mol. The molecule has 0 aliphatic rings. The van der Waals surface area contributed by atoms with Crippen LogP contribution in [0.5, 0.6) is 0 Å². The summed E-state index contributed by atoms with van der Waals surface area (Å²) in [6, 6.07) is 8.88. The Morgan fingerprint density at radius 1 is 1.33 bits per heavy atom. The Hall–Kier alpha value is -2.10. The van der Waals surface area contributed by atoms with Crippen LogP contribution in [-0.4, -0.2) is 34.5 Å². The molecule has 1 aromatic rings. The summed E-state index contributed by atoms with van der Waals surface area (Å²) in [4.78, 5) is 25.8. The van der Waals surface area contributed by atoms with Gasteiger partial charge in [-0.05, 0) is 26.3 Å². The molecule has 0 heterocycles. The fourth-order valence-electron chi connectivity index (χ4n) is 2.25. The van der Waals surface area contributed by atoms with E-state index in [1.807, 2.05) is 19.9 Å². The van der Waals surface area contributed by atoms with Crippen LogP contribution in [-0.2, 0) is 15.0 Å². The summed E-state index contributed by atoms with van der Waals surface area (Å²) in [6.45, 7) is 9.46. The van der Waals surface area contributed by atoms with Crippen molar-refractivity contribution >= 4 is 11.9 Å². The van der Waals surface area contributed by atoms with Crippen LogP contribution >= 0.6 is 0 Å². The van der Waals surface area contributed by atoms with Gasteiger partial charge in [0.25, 0.3) is 0 Å². The maximum Gasteiger partial charge on any atom is 0.314 e. The molecule has 0 saturated carbocycles. The van der Waals surface area contributed by atoms with Crippen LogP contribution in [0.1, 0.15) is 32.8 Å². The number of aliphatic carboxylic acids is 1. The molecule has 4 heteroatoms. The Balaban J connectivity index is 3.06. The van der Waals surface area contributed by atoms with Crippen molar-refractivity contribution in [1.82, 2.24) is 4.90 Å². The molecule has 0 fully saturated rings. The zero-order valence-corrected chi connectivity index (χ0v) is 12.9. The molecule has 1 amide bonds. The predicted molar refractivity (Wildman–Crippen MR) is 83.1 cm³/mol. The van der Waals surface area contributed by atoms with Gasteiger partial charge in [0, 0.05) is 19.0 Å². The SMILES string of the molecule is C=CCN(C(=O)CC(C)(C(=O)O)c1ccccc1)C(C)C. The van der Waals surface area contributed by atoms with Gasteiger partial charge in [0.1, 0.15) is 0 Å². The Morgan fingerprint density at radius 3 is 2.33 bits per heavy atom.